The molecule has 8 nitrogen and oxygen atoms in total. The van der Waals surface area contributed by atoms with E-state index in [1.165, 1.54) is 11.1 Å². The average Bonchev–Trinajstić information content (AvgIpc) is 3.13. The molecular formula is C16H22N6O2. The van der Waals surface area contributed by atoms with Crippen molar-refractivity contribution < 1.29 is 9.90 Å². The molecule has 1 aliphatic rings. The van der Waals surface area contributed by atoms with Crippen molar-refractivity contribution >= 4 is 11.7 Å². The van der Waals surface area contributed by atoms with Crippen molar-refractivity contribution in [2.75, 3.05) is 32.1 Å². The molecule has 0 radical (unpaired) electrons. The van der Waals surface area contributed by atoms with Crippen LogP contribution in [0.3, 0.4) is 0 Å². The fourth-order valence-corrected chi connectivity index (χ4v) is 2.93. The van der Waals surface area contributed by atoms with Crippen molar-refractivity contribution in [3.63, 3.8) is 0 Å². The van der Waals surface area contributed by atoms with Crippen molar-refractivity contribution in [3.8, 4) is 0 Å². The van der Waals surface area contributed by atoms with Gasteiger partial charge in [0.15, 0.2) is 0 Å². The number of anilines is 1. The number of nitrogens with one attached hydrogen (secondary N) is 1. The molecule has 2 N–H and O–H groups in total. The Labute approximate surface area is 140 Å². The number of hydrogen-bond donors (Lipinski definition) is 2. The van der Waals surface area contributed by atoms with Gasteiger partial charge >= 0.3 is 0 Å². The second-order valence-electron chi connectivity index (χ2n) is 6.44. The molecule has 24 heavy (non-hydrogen) atoms. The van der Waals surface area contributed by atoms with Gasteiger partial charge in [-0.05, 0) is 19.4 Å². The first-order valence-corrected chi connectivity index (χ1v) is 7.91. The van der Waals surface area contributed by atoms with Crippen LogP contribution in [0.5, 0.6) is 0 Å². The molecule has 1 amide bonds. The number of aliphatic hydroxyl groups is 1. The van der Waals surface area contributed by atoms with Gasteiger partial charge in [-0.15, -0.1) is 0 Å². The lowest BCUT2D eigenvalue weighted by Gasteiger charge is -2.17. The number of aryl methyl sites for hydroxylation is 1. The topological polar surface area (TPSA) is 98.2 Å². The summed E-state index contributed by atoms with van der Waals surface area (Å²) in [5.41, 5.74) is 2.26. The Morgan fingerprint density at radius 1 is 1.42 bits per heavy atom. The van der Waals surface area contributed by atoms with Crippen molar-refractivity contribution in [2.45, 2.75) is 19.4 Å². The van der Waals surface area contributed by atoms with E-state index in [4.69, 9.17) is 0 Å². The molecule has 0 spiro atoms. The van der Waals surface area contributed by atoms with Crippen LogP contribution in [0.15, 0.2) is 18.5 Å². The zero-order valence-corrected chi connectivity index (χ0v) is 14.1. The van der Waals surface area contributed by atoms with Crippen LogP contribution in [0.4, 0.5) is 5.82 Å². The number of amides is 1. The van der Waals surface area contributed by atoms with Crippen LogP contribution in [-0.4, -0.2) is 69.4 Å². The van der Waals surface area contributed by atoms with E-state index in [1.54, 1.807) is 20.3 Å². The molecular weight excluding hydrogens is 308 g/mol. The highest BCUT2D eigenvalue weighted by Crippen LogP contribution is 2.25. The Balaban J connectivity index is 1.72. The third-order valence-corrected chi connectivity index (χ3v) is 4.21. The van der Waals surface area contributed by atoms with E-state index in [1.807, 2.05) is 17.9 Å². The van der Waals surface area contributed by atoms with Crippen LogP contribution in [-0.2, 0) is 6.42 Å². The van der Waals surface area contributed by atoms with Crippen molar-refractivity contribution in [1.82, 2.24) is 25.1 Å². The lowest BCUT2D eigenvalue weighted by molar-refractivity contribution is 0.0821. The summed E-state index contributed by atoms with van der Waals surface area (Å²) in [4.78, 5) is 24.0. The van der Waals surface area contributed by atoms with E-state index in [-0.39, 0.29) is 11.8 Å². The van der Waals surface area contributed by atoms with Gasteiger partial charge in [0.05, 0.1) is 24.2 Å². The molecule has 3 rings (SSSR count). The number of H-pyrrole nitrogens is 1. The second-order valence-corrected chi connectivity index (χ2v) is 6.44. The Hall–Kier alpha value is -2.48. The van der Waals surface area contributed by atoms with Crippen LogP contribution in [0, 0.1) is 12.8 Å². The number of aromatic amines is 1. The molecule has 128 valence electrons. The summed E-state index contributed by atoms with van der Waals surface area (Å²) in [5, 5.41) is 17.5. The van der Waals surface area contributed by atoms with Gasteiger partial charge in [0.25, 0.3) is 5.91 Å². The number of carbonyl (C=O) groups excluding carboxylic acids is 1. The number of hydrogen-bond acceptors (Lipinski definition) is 6. The van der Waals surface area contributed by atoms with Gasteiger partial charge in [-0.3, -0.25) is 14.9 Å². The molecule has 0 saturated carbocycles. The van der Waals surface area contributed by atoms with E-state index < -0.39 is 6.10 Å². The van der Waals surface area contributed by atoms with Crippen molar-refractivity contribution in [3.05, 3.63) is 35.5 Å². The van der Waals surface area contributed by atoms with Gasteiger partial charge < -0.3 is 14.9 Å². The molecule has 2 aromatic heterocycles. The van der Waals surface area contributed by atoms with Crippen LogP contribution in [0.2, 0.25) is 0 Å². The standard InChI is InChI=1S/C16H22N6O2/c1-10-4-12(20-19-10)5-11-8-22(9-14(11)23)15-7-17-6-13(18-15)16(24)21(2)3/h4,6-7,11,14,23H,5,8-9H2,1-3H3,(H,19,20)/t11-,14+/m1/s1. The molecule has 2 aromatic rings. The molecule has 1 fully saturated rings. The van der Waals surface area contributed by atoms with Gasteiger partial charge in [-0.2, -0.15) is 5.10 Å². The summed E-state index contributed by atoms with van der Waals surface area (Å²) in [6.07, 6.45) is 3.32. The molecule has 8 heteroatoms. The second kappa shape index (κ2) is 6.56. The van der Waals surface area contributed by atoms with Gasteiger partial charge in [-0.1, -0.05) is 0 Å². The van der Waals surface area contributed by atoms with E-state index in [9.17, 15) is 9.90 Å². The zero-order chi connectivity index (χ0) is 17.3. The number of nitrogens with zero attached hydrogens (tertiary/aromatic N) is 5. The highest BCUT2D eigenvalue weighted by atomic mass is 16.3. The molecule has 0 aliphatic carbocycles. The molecule has 0 aromatic carbocycles. The van der Waals surface area contributed by atoms with E-state index in [2.05, 4.69) is 20.2 Å². The first kappa shape index (κ1) is 16.4. The molecule has 0 unspecified atom stereocenters. The number of aromatic nitrogens is 4. The molecule has 2 atom stereocenters. The summed E-state index contributed by atoms with van der Waals surface area (Å²) in [7, 11) is 3.36. The van der Waals surface area contributed by atoms with E-state index in [0.717, 1.165) is 11.4 Å². The maximum Gasteiger partial charge on any atom is 0.273 e. The zero-order valence-electron chi connectivity index (χ0n) is 14.1. The summed E-state index contributed by atoms with van der Waals surface area (Å²) >= 11 is 0. The third kappa shape index (κ3) is 3.38. The Morgan fingerprint density at radius 3 is 2.88 bits per heavy atom. The van der Waals surface area contributed by atoms with Crippen molar-refractivity contribution in [2.24, 2.45) is 5.92 Å². The summed E-state index contributed by atoms with van der Waals surface area (Å²) in [5.74, 6) is 0.498. The number of carbonyl (C=O) groups is 1. The summed E-state index contributed by atoms with van der Waals surface area (Å²) in [6.45, 7) is 3.08. The lowest BCUT2D eigenvalue weighted by atomic mass is 10.0. The summed E-state index contributed by atoms with van der Waals surface area (Å²) < 4.78 is 0. The summed E-state index contributed by atoms with van der Waals surface area (Å²) in [6, 6.07) is 1.99. The number of rotatable bonds is 4. The maximum atomic E-state index is 12.0. The van der Waals surface area contributed by atoms with Gasteiger partial charge in [0, 0.05) is 38.8 Å². The lowest BCUT2D eigenvalue weighted by Crippen LogP contribution is -2.26. The van der Waals surface area contributed by atoms with Gasteiger partial charge in [0.2, 0.25) is 0 Å². The number of aliphatic hydroxyl groups excluding tert-OH is 1. The third-order valence-electron chi connectivity index (χ3n) is 4.21. The monoisotopic (exact) mass is 330 g/mol. The van der Waals surface area contributed by atoms with Crippen molar-refractivity contribution in [1.29, 1.82) is 0 Å². The smallest absolute Gasteiger partial charge is 0.273 e. The predicted molar refractivity (Wildman–Crippen MR) is 88.8 cm³/mol. The minimum atomic E-state index is -0.461. The van der Waals surface area contributed by atoms with Crippen LogP contribution in [0.1, 0.15) is 21.9 Å². The first-order valence-electron chi connectivity index (χ1n) is 7.91. The first-order chi connectivity index (χ1) is 11.4. The van der Waals surface area contributed by atoms with Crippen LogP contribution in [0.25, 0.3) is 0 Å². The minimum Gasteiger partial charge on any atom is -0.391 e. The van der Waals surface area contributed by atoms with Gasteiger partial charge in [-0.25, -0.2) is 4.98 Å². The molecule has 1 aliphatic heterocycles. The molecule has 3 heterocycles. The average molecular weight is 330 g/mol. The number of β-amino-alcohol motifs (C(OH)–C–C–N with tert-alkyl or cyclic N) is 1. The Kier molecular flexibility index (Phi) is 4.48. The Bertz CT molecular complexity index is 729. The highest BCUT2D eigenvalue weighted by Gasteiger charge is 2.33. The Morgan fingerprint density at radius 2 is 2.21 bits per heavy atom. The van der Waals surface area contributed by atoms with E-state index >= 15 is 0 Å². The highest BCUT2D eigenvalue weighted by molar-refractivity contribution is 5.91. The fourth-order valence-electron chi connectivity index (χ4n) is 2.93. The quantitative estimate of drug-likeness (QED) is 0.834. The molecule has 1 saturated heterocycles. The normalized spacial score (nSPS) is 20.4. The fraction of sp³-hybridized carbons (Fsp3) is 0.500. The van der Waals surface area contributed by atoms with E-state index in [0.29, 0.717) is 31.0 Å². The SMILES string of the molecule is Cc1cc(C[C@@H]2CN(c3cncc(C(=O)N(C)C)n3)C[C@@H]2O)n[nH]1. The minimum absolute atomic E-state index is 0.0720. The van der Waals surface area contributed by atoms with Gasteiger partial charge in [0.1, 0.15) is 11.5 Å². The maximum absolute atomic E-state index is 12.0. The largest absolute Gasteiger partial charge is 0.391 e. The predicted octanol–water partition coefficient (Wildman–Crippen LogP) is 0.250. The van der Waals surface area contributed by atoms with Crippen LogP contribution < -0.4 is 4.90 Å². The van der Waals surface area contributed by atoms with Crippen LogP contribution >= 0.6 is 0 Å². The molecule has 0 bridgehead atoms.